The zero-order chi connectivity index (χ0) is 17.5. The second-order valence-corrected chi connectivity index (χ2v) is 6.28. The van der Waals surface area contributed by atoms with E-state index in [2.05, 4.69) is 53.8 Å². The number of aromatic amines is 1. The second kappa shape index (κ2) is 8.70. The molecular weight excluding hydrogens is 312 g/mol. The van der Waals surface area contributed by atoms with Gasteiger partial charge in [0, 0.05) is 30.8 Å². The number of methoxy groups -OCH3 is 1. The van der Waals surface area contributed by atoms with Gasteiger partial charge < -0.3 is 19.8 Å². The molecule has 3 rings (SSSR count). The number of aryl methyl sites for hydroxylation is 1. The van der Waals surface area contributed by atoms with E-state index in [1.807, 2.05) is 12.1 Å². The van der Waals surface area contributed by atoms with Crippen molar-refractivity contribution in [2.24, 2.45) is 0 Å². The van der Waals surface area contributed by atoms with Crippen molar-refractivity contribution in [1.82, 2.24) is 10.3 Å². The topological polar surface area (TPSA) is 46.3 Å². The first kappa shape index (κ1) is 17.5. The maximum Gasteiger partial charge on any atom is 0.119 e. The number of nitrogens with one attached hydrogen (secondary N) is 2. The van der Waals surface area contributed by atoms with Crippen LogP contribution >= 0.6 is 0 Å². The van der Waals surface area contributed by atoms with Gasteiger partial charge in [0.05, 0.1) is 6.61 Å². The minimum absolute atomic E-state index is 0.577. The highest BCUT2D eigenvalue weighted by molar-refractivity contribution is 5.83. The second-order valence-electron chi connectivity index (χ2n) is 6.28. The van der Waals surface area contributed by atoms with Gasteiger partial charge in [-0.05, 0) is 54.8 Å². The summed E-state index contributed by atoms with van der Waals surface area (Å²) in [6.07, 6.45) is 3.13. The molecule has 4 heteroatoms. The van der Waals surface area contributed by atoms with Crippen molar-refractivity contribution >= 4 is 10.9 Å². The molecule has 2 aromatic carbocycles. The Hall–Kier alpha value is -2.30. The van der Waals surface area contributed by atoms with Crippen LogP contribution in [0.15, 0.2) is 48.7 Å². The maximum absolute atomic E-state index is 5.65. The highest BCUT2D eigenvalue weighted by Gasteiger charge is 2.03. The molecule has 0 spiro atoms. The summed E-state index contributed by atoms with van der Waals surface area (Å²) in [6, 6.07) is 14.8. The minimum Gasteiger partial charge on any atom is -0.491 e. The molecule has 132 valence electrons. The highest BCUT2D eigenvalue weighted by Crippen LogP contribution is 2.19. The Kier molecular flexibility index (Phi) is 6.09. The highest BCUT2D eigenvalue weighted by atomic mass is 16.5. The maximum atomic E-state index is 5.65. The summed E-state index contributed by atoms with van der Waals surface area (Å²) in [6.45, 7) is 5.08. The number of aromatic nitrogens is 1. The first-order chi connectivity index (χ1) is 12.3. The number of hydrogen-bond acceptors (Lipinski definition) is 3. The van der Waals surface area contributed by atoms with Crippen molar-refractivity contribution < 1.29 is 9.47 Å². The van der Waals surface area contributed by atoms with Crippen molar-refractivity contribution in [3.63, 3.8) is 0 Å². The lowest BCUT2D eigenvalue weighted by molar-refractivity contribution is 0.146. The first-order valence-electron chi connectivity index (χ1n) is 8.74. The van der Waals surface area contributed by atoms with E-state index in [1.165, 1.54) is 27.6 Å². The van der Waals surface area contributed by atoms with Crippen molar-refractivity contribution in [3.8, 4) is 5.75 Å². The molecule has 0 amide bonds. The fourth-order valence-electron chi connectivity index (χ4n) is 2.95. The molecule has 1 aromatic heterocycles. The van der Waals surface area contributed by atoms with E-state index in [0.717, 1.165) is 25.3 Å². The third-order valence-electron chi connectivity index (χ3n) is 4.28. The quantitative estimate of drug-likeness (QED) is 0.583. The summed E-state index contributed by atoms with van der Waals surface area (Å²) in [5.74, 6) is 0.892. The Balaban J connectivity index is 1.48. The van der Waals surface area contributed by atoms with Crippen LogP contribution in [0.5, 0.6) is 5.75 Å². The molecule has 0 fully saturated rings. The van der Waals surface area contributed by atoms with Gasteiger partial charge in [0.25, 0.3) is 0 Å². The van der Waals surface area contributed by atoms with Crippen LogP contribution in [0.1, 0.15) is 16.7 Å². The smallest absolute Gasteiger partial charge is 0.119 e. The zero-order valence-electron chi connectivity index (χ0n) is 15.0. The van der Waals surface area contributed by atoms with E-state index in [9.17, 15) is 0 Å². The zero-order valence-corrected chi connectivity index (χ0v) is 15.0. The molecule has 0 bridgehead atoms. The van der Waals surface area contributed by atoms with Crippen LogP contribution in [0.25, 0.3) is 10.9 Å². The average Bonchev–Trinajstić information content (AvgIpc) is 3.01. The first-order valence-corrected chi connectivity index (χ1v) is 8.74. The number of rotatable bonds is 9. The number of ether oxygens (including phenoxy) is 2. The molecular formula is C21H26N2O2. The molecule has 0 aliphatic rings. The minimum atomic E-state index is 0.577. The lowest BCUT2D eigenvalue weighted by Crippen LogP contribution is -2.16. The van der Waals surface area contributed by atoms with Gasteiger partial charge in [-0.3, -0.25) is 0 Å². The Morgan fingerprint density at radius 1 is 1.08 bits per heavy atom. The van der Waals surface area contributed by atoms with Gasteiger partial charge in [-0.25, -0.2) is 0 Å². The van der Waals surface area contributed by atoms with Gasteiger partial charge in [-0.15, -0.1) is 0 Å². The van der Waals surface area contributed by atoms with E-state index in [0.29, 0.717) is 13.2 Å². The van der Waals surface area contributed by atoms with Crippen LogP contribution in [0.2, 0.25) is 0 Å². The number of benzene rings is 2. The van der Waals surface area contributed by atoms with Crippen LogP contribution in [-0.2, 0) is 17.7 Å². The average molecular weight is 338 g/mol. The summed E-state index contributed by atoms with van der Waals surface area (Å²) in [4.78, 5) is 3.36. The molecule has 4 nitrogen and oxygen atoms in total. The van der Waals surface area contributed by atoms with E-state index in [-0.39, 0.29) is 0 Å². The summed E-state index contributed by atoms with van der Waals surface area (Å²) < 4.78 is 10.7. The molecule has 2 N–H and O–H groups in total. The van der Waals surface area contributed by atoms with Gasteiger partial charge in [0.15, 0.2) is 0 Å². The van der Waals surface area contributed by atoms with E-state index < -0.39 is 0 Å². The Bertz CT molecular complexity index is 811. The van der Waals surface area contributed by atoms with Gasteiger partial charge in [-0.2, -0.15) is 0 Å². The fourth-order valence-corrected chi connectivity index (χ4v) is 2.95. The Morgan fingerprint density at radius 3 is 2.88 bits per heavy atom. The summed E-state index contributed by atoms with van der Waals surface area (Å²) in [5, 5.41) is 4.84. The van der Waals surface area contributed by atoms with Crippen LogP contribution in [0.4, 0.5) is 0 Å². The predicted octanol–water partition coefficient (Wildman–Crippen LogP) is 3.83. The van der Waals surface area contributed by atoms with Gasteiger partial charge in [-0.1, -0.05) is 24.3 Å². The molecule has 3 aromatic rings. The van der Waals surface area contributed by atoms with Crippen molar-refractivity contribution in [2.45, 2.75) is 19.9 Å². The number of hydrogen-bond donors (Lipinski definition) is 2. The number of fused-ring (bicyclic) bond motifs is 1. The molecule has 0 aliphatic heterocycles. The number of H-pyrrole nitrogens is 1. The van der Waals surface area contributed by atoms with Crippen LogP contribution in [-0.4, -0.2) is 31.9 Å². The molecule has 0 unspecified atom stereocenters. The van der Waals surface area contributed by atoms with Crippen LogP contribution in [0, 0.1) is 6.92 Å². The lowest BCUT2D eigenvalue weighted by atomic mass is 10.1. The summed E-state index contributed by atoms with van der Waals surface area (Å²) in [5.41, 5.74) is 5.09. The molecule has 1 heterocycles. The summed E-state index contributed by atoms with van der Waals surface area (Å²) in [7, 11) is 1.68. The van der Waals surface area contributed by atoms with Crippen molar-refractivity contribution in [3.05, 3.63) is 65.4 Å². The third-order valence-corrected chi connectivity index (χ3v) is 4.28. The van der Waals surface area contributed by atoms with Crippen molar-refractivity contribution in [2.75, 3.05) is 26.9 Å². The van der Waals surface area contributed by atoms with E-state index in [1.54, 1.807) is 7.11 Å². The van der Waals surface area contributed by atoms with Gasteiger partial charge >= 0.3 is 0 Å². The van der Waals surface area contributed by atoms with Gasteiger partial charge in [0.2, 0.25) is 0 Å². The molecule has 0 saturated heterocycles. The van der Waals surface area contributed by atoms with E-state index in [4.69, 9.17) is 9.47 Å². The van der Waals surface area contributed by atoms with Crippen LogP contribution in [0.3, 0.4) is 0 Å². The third kappa shape index (κ3) is 4.84. The molecule has 0 radical (unpaired) electrons. The SMILES string of the molecule is COCCOc1cccc(CNCCc2c[nH]c3cc(C)ccc23)c1. The predicted molar refractivity (Wildman–Crippen MR) is 102 cm³/mol. The fraction of sp³-hybridized carbons (Fsp3) is 0.333. The molecule has 25 heavy (non-hydrogen) atoms. The monoisotopic (exact) mass is 338 g/mol. The normalized spacial score (nSPS) is 11.1. The lowest BCUT2D eigenvalue weighted by Gasteiger charge is -2.08. The molecule has 0 aliphatic carbocycles. The van der Waals surface area contributed by atoms with Crippen molar-refractivity contribution in [1.29, 1.82) is 0 Å². The van der Waals surface area contributed by atoms with E-state index >= 15 is 0 Å². The standard InChI is InChI=1S/C21H26N2O2/c1-16-6-7-20-18(15-23-21(20)12-16)8-9-22-14-17-4-3-5-19(13-17)25-11-10-24-2/h3-7,12-13,15,22-23H,8-11,14H2,1-2H3. The van der Waals surface area contributed by atoms with Crippen LogP contribution < -0.4 is 10.1 Å². The Labute approximate surface area is 149 Å². The summed E-state index contributed by atoms with van der Waals surface area (Å²) >= 11 is 0. The molecule has 0 atom stereocenters. The Morgan fingerprint density at radius 2 is 2.00 bits per heavy atom. The van der Waals surface area contributed by atoms with Gasteiger partial charge in [0.1, 0.15) is 12.4 Å². The largest absolute Gasteiger partial charge is 0.491 e. The molecule has 0 saturated carbocycles.